The second kappa shape index (κ2) is 9.99. The van der Waals surface area contributed by atoms with Crippen molar-refractivity contribution in [3.05, 3.63) is 35.6 Å². The number of nitrogens with one attached hydrogen (secondary N) is 2. The number of benzene rings is 1. The molecule has 0 spiro atoms. The third-order valence-corrected chi connectivity index (χ3v) is 3.88. The molecule has 6 heteroatoms. The zero-order valence-corrected chi connectivity index (χ0v) is 15.6. The summed E-state index contributed by atoms with van der Waals surface area (Å²) in [6.45, 7) is 3.92. The van der Waals surface area contributed by atoms with E-state index in [9.17, 15) is 4.39 Å². The highest BCUT2D eigenvalue weighted by Crippen LogP contribution is 2.13. The summed E-state index contributed by atoms with van der Waals surface area (Å²) in [6, 6.07) is 6.52. The summed E-state index contributed by atoms with van der Waals surface area (Å²) in [7, 11) is 3.95. The van der Waals surface area contributed by atoms with Crippen LogP contribution in [0.4, 0.5) is 4.39 Å². The second-order valence-electron chi connectivity index (χ2n) is 5.70. The summed E-state index contributed by atoms with van der Waals surface area (Å²) in [5, 5.41) is 6.64. The van der Waals surface area contributed by atoms with Crippen LogP contribution in [0.15, 0.2) is 29.3 Å². The Morgan fingerprint density at radius 1 is 1.32 bits per heavy atom. The van der Waals surface area contributed by atoms with Gasteiger partial charge in [0, 0.05) is 26.7 Å². The van der Waals surface area contributed by atoms with Crippen LogP contribution in [0.3, 0.4) is 0 Å². The highest BCUT2D eigenvalue weighted by Gasteiger charge is 2.17. The Balaban J connectivity index is 0.00000242. The van der Waals surface area contributed by atoms with Crippen molar-refractivity contribution >= 4 is 29.9 Å². The number of nitrogens with zero attached hydrogens (tertiary/aromatic N) is 2. The highest BCUT2D eigenvalue weighted by atomic mass is 127. The second-order valence-corrected chi connectivity index (χ2v) is 5.70. The van der Waals surface area contributed by atoms with Crippen molar-refractivity contribution in [2.24, 2.45) is 10.9 Å². The van der Waals surface area contributed by atoms with Crippen molar-refractivity contribution in [3.8, 4) is 0 Å². The Morgan fingerprint density at radius 3 is 2.68 bits per heavy atom. The number of rotatable bonds is 4. The van der Waals surface area contributed by atoms with Crippen molar-refractivity contribution in [3.63, 3.8) is 0 Å². The van der Waals surface area contributed by atoms with Gasteiger partial charge in [-0.1, -0.05) is 12.1 Å². The fraction of sp³-hybridized carbons (Fsp3) is 0.562. The molecular formula is C16H26FIN4. The molecule has 1 aromatic carbocycles. The van der Waals surface area contributed by atoms with E-state index in [-0.39, 0.29) is 29.8 Å². The molecule has 1 saturated heterocycles. The quantitative estimate of drug-likeness (QED) is 0.447. The van der Waals surface area contributed by atoms with Crippen LogP contribution in [0.2, 0.25) is 0 Å². The number of halogens is 2. The van der Waals surface area contributed by atoms with Gasteiger partial charge in [-0.25, -0.2) is 4.39 Å². The maximum absolute atomic E-state index is 12.8. The van der Waals surface area contributed by atoms with Gasteiger partial charge in [-0.05, 0) is 50.0 Å². The molecule has 1 unspecified atom stereocenters. The molecule has 1 fully saturated rings. The maximum Gasteiger partial charge on any atom is 0.191 e. The largest absolute Gasteiger partial charge is 0.356 e. The molecule has 1 aliphatic heterocycles. The Hall–Kier alpha value is -0.890. The average molecular weight is 420 g/mol. The lowest BCUT2D eigenvalue weighted by atomic mass is 9.99. The van der Waals surface area contributed by atoms with E-state index >= 15 is 0 Å². The van der Waals surface area contributed by atoms with Crippen LogP contribution in [0.25, 0.3) is 0 Å². The Kier molecular flexibility index (Phi) is 8.70. The number of piperidine rings is 1. The zero-order valence-electron chi connectivity index (χ0n) is 13.3. The number of hydrogen-bond donors (Lipinski definition) is 2. The molecule has 0 aromatic heterocycles. The topological polar surface area (TPSA) is 39.7 Å². The van der Waals surface area contributed by atoms with Crippen molar-refractivity contribution in [1.82, 2.24) is 15.5 Å². The van der Waals surface area contributed by atoms with E-state index in [4.69, 9.17) is 0 Å². The van der Waals surface area contributed by atoms with Crippen LogP contribution in [0.5, 0.6) is 0 Å². The minimum atomic E-state index is -0.206. The molecule has 2 rings (SSSR count). The summed E-state index contributed by atoms with van der Waals surface area (Å²) < 4.78 is 12.8. The monoisotopic (exact) mass is 420 g/mol. The normalized spacial score (nSPS) is 19.4. The molecule has 124 valence electrons. The first kappa shape index (κ1) is 19.2. The summed E-state index contributed by atoms with van der Waals surface area (Å²) in [4.78, 5) is 6.61. The standard InChI is InChI=1S/C16H25FN4.HI/c1-18-16(19-10-13-5-7-15(17)8-6-13)20-11-14-4-3-9-21(2)12-14;/h5-8,14H,3-4,9-12H2,1-2H3,(H2,18,19,20);1H. The summed E-state index contributed by atoms with van der Waals surface area (Å²) in [6.07, 6.45) is 2.54. The van der Waals surface area contributed by atoms with Gasteiger partial charge in [-0.2, -0.15) is 0 Å². The number of aliphatic imine (C=N–C) groups is 1. The van der Waals surface area contributed by atoms with Gasteiger partial charge in [0.1, 0.15) is 5.82 Å². The fourth-order valence-electron chi connectivity index (χ4n) is 2.69. The predicted molar refractivity (Wildman–Crippen MR) is 100 cm³/mol. The molecule has 0 amide bonds. The Morgan fingerprint density at radius 2 is 2.05 bits per heavy atom. The zero-order chi connectivity index (χ0) is 15.1. The Labute approximate surface area is 149 Å². The van der Waals surface area contributed by atoms with Crippen molar-refractivity contribution in [2.45, 2.75) is 19.4 Å². The number of guanidine groups is 1. The van der Waals surface area contributed by atoms with Gasteiger partial charge < -0.3 is 15.5 Å². The van der Waals surface area contributed by atoms with Crippen LogP contribution >= 0.6 is 24.0 Å². The summed E-state index contributed by atoms with van der Waals surface area (Å²) >= 11 is 0. The van der Waals surface area contributed by atoms with Crippen LogP contribution < -0.4 is 10.6 Å². The third kappa shape index (κ3) is 6.48. The average Bonchev–Trinajstić information content (AvgIpc) is 2.49. The van der Waals surface area contributed by atoms with E-state index in [1.54, 1.807) is 19.2 Å². The van der Waals surface area contributed by atoms with E-state index in [0.29, 0.717) is 12.5 Å². The first-order valence-electron chi connectivity index (χ1n) is 7.55. The molecule has 22 heavy (non-hydrogen) atoms. The van der Waals surface area contributed by atoms with Crippen LogP contribution in [-0.4, -0.2) is 44.6 Å². The van der Waals surface area contributed by atoms with E-state index < -0.39 is 0 Å². The Bertz CT molecular complexity index is 464. The molecule has 0 saturated carbocycles. The van der Waals surface area contributed by atoms with Gasteiger partial charge in [-0.15, -0.1) is 24.0 Å². The molecule has 4 nitrogen and oxygen atoms in total. The van der Waals surface area contributed by atoms with E-state index in [1.807, 2.05) is 0 Å². The minimum Gasteiger partial charge on any atom is -0.356 e. The molecule has 1 atom stereocenters. The van der Waals surface area contributed by atoms with Gasteiger partial charge in [0.15, 0.2) is 5.96 Å². The molecule has 1 aliphatic rings. The summed E-state index contributed by atoms with van der Waals surface area (Å²) in [5.74, 6) is 1.27. The number of likely N-dealkylation sites (tertiary alicyclic amines) is 1. The van der Waals surface area contributed by atoms with Gasteiger partial charge >= 0.3 is 0 Å². The first-order chi connectivity index (χ1) is 10.2. The van der Waals surface area contributed by atoms with Crippen LogP contribution in [-0.2, 0) is 6.54 Å². The van der Waals surface area contributed by atoms with Gasteiger partial charge in [-0.3, -0.25) is 4.99 Å². The molecule has 0 bridgehead atoms. The minimum absolute atomic E-state index is 0. The highest BCUT2D eigenvalue weighted by molar-refractivity contribution is 14.0. The van der Waals surface area contributed by atoms with Crippen LogP contribution in [0.1, 0.15) is 18.4 Å². The van der Waals surface area contributed by atoms with E-state index in [0.717, 1.165) is 24.6 Å². The van der Waals surface area contributed by atoms with Gasteiger partial charge in [0.25, 0.3) is 0 Å². The van der Waals surface area contributed by atoms with Crippen molar-refractivity contribution in [2.75, 3.05) is 33.7 Å². The predicted octanol–water partition coefficient (Wildman–Crippen LogP) is 2.45. The van der Waals surface area contributed by atoms with Gasteiger partial charge in [0.2, 0.25) is 0 Å². The third-order valence-electron chi connectivity index (χ3n) is 3.88. The molecule has 1 heterocycles. The van der Waals surface area contributed by atoms with Gasteiger partial charge in [0.05, 0.1) is 0 Å². The van der Waals surface area contributed by atoms with E-state index in [2.05, 4.69) is 27.6 Å². The molecule has 0 radical (unpaired) electrons. The summed E-state index contributed by atoms with van der Waals surface area (Å²) in [5.41, 5.74) is 1.04. The fourth-order valence-corrected chi connectivity index (χ4v) is 2.69. The maximum atomic E-state index is 12.8. The lowest BCUT2D eigenvalue weighted by molar-refractivity contribution is 0.210. The van der Waals surface area contributed by atoms with Crippen LogP contribution in [0, 0.1) is 11.7 Å². The molecule has 1 aromatic rings. The lowest BCUT2D eigenvalue weighted by Crippen LogP contribution is -2.43. The molecular weight excluding hydrogens is 394 g/mol. The smallest absolute Gasteiger partial charge is 0.191 e. The molecule has 2 N–H and O–H groups in total. The van der Waals surface area contributed by atoms with Crippen molar-refractivity contribution < 1.29 is 4.39 Å². The molecule has 0 aliphatic carbocycles. The van der Waals surface area contributed by atoms with E-state index in [1.165, 1.54) is 31.5 Å². The lowest BCUT2D eigenvalue weighted by Gasteiger charge is -2.30. The first-order valence-corrected chi connectivity index (χ1v) is 7.55. The number of hydrogen-bond acceptors (Lipinski definition) is 2. The SMILES string of the molecule is CN=C(NCc1ccc(F)cc1)NCC1CCCN(C)C1.I. The van der Waals surface area contributed by atoms with Crippen molar-refractivity contribution in [1.29, 1.82) is 0 Å².